The van der Waals surface area contributed by atoms with Crippen LogP contribution in [0.1, 0.15) is 31.2 Å². The SMILES string of the molecule is Clc1ccccc1CCNCCCN1CCCCC1. The van der Waals surface area contributed by atoms with E-state index in [1.54, 1.807) is 0 Å². The van der Waals surface area contributed by atoms with Crippen LogP contribution in [0.25, 0.3) is 0 Å². The van der Waals surface area contributed by atoms with Crippen molar-refractivity contribution >= 4 is 11.6 Å². The lowest BCUT2D eigenvalue weighted by atomic mass is 10.1. The van der Waals surface area contributed by atoms with E-state index in [2.05, 4.69) is 22.3 Å². The van der Waals surface area contributed by atoms with Crippen LogP contribution in [0.4, 0.5) is 0 Å². The average Bonchev–Trinajstić information content (AvgIpc) is 2.45. The highest BCUT2D eigenvalue weighted by Gasteiger charge is 2.08. The minimum Gasteiger partial charge on any atom is -0.316 e. The highest BCUT2D eigenvalue weighted by atomic mass is 35.5. The molecule has 1 aromatic carbocycles. The van der Waals surface area contributed by atoms with Crippen LogP contribution >= 0.6 is 11.6 Å². The minimum absolute atomic E-state index is 0.887. The Balaban J connectivity index is 1.51. The first-order valence-electron chi connectivity index (χ1n) is 7.53. The third-order valence-corrected chi connectivity index (χ3v) is 4.17. The Morgan fingerprint density at radius 3 is 2.63 bits per heavy atom. The van der Waals surface area contributed by atoms with E-state index in [1.807, 2.05) is 12.1 Å². The summed E-state index contributed by atoms with van der Waals surface area (Å²) in [7, 11) is 0. The quantitative estimate of drug-likeness (QED) is 0.771. The third kappa shape index (κ3) is 5.52. The summed E-state index contributed by atoms with van der Waals surface area (Å²) in [4.78, 5) is 2.60. The maximum absolute atomic E-state index is 6.13. The normalized spacial score (nSPS) is 16.7. The number of benzene rings is 1. The second-order valence-corrected chi connectivity index (χ2v) is 5.75. The number of hydrogen-bond donors (Lipinski definition) is 1. The lowest BCUT2D eigenvalue weighted by molar-refractivity contribution is 0.226. The van der Waals surface area contributed by atoms with Gasteiger partial charge in [0.05, 0.1) is 0 Å². The Labute approximate surface area is 122 Å². The number of hydrogen-bond acceptors (Lipinski definition) is 2. The van der Waals surface area contributed by atoms with Gasteiger partial charge in [0.2, 0.25) is 0 Å². The topological polar surface area (TPSA) is 15.3 Å². The van der Waals surface area contributed by atoms with Gasteiger partial charge in [-0.3, -0.25) is 0 Å². The van der Waals surface area contributed by atoms with E-state index in [0.717, 1.165) is 24.5 Å². The Morgan fingerprint density at radius 1 is 1.05 bits per heavy atom. The molecule has 0 aromatic heterocycles. The van der Waals surface area contributed by atoms with Crippen LogP contribution in [0.3, 0.4) is 0 Å². The van der Waals surface area contributed by atoms with Crippen LogP contribution in [0.15, 0.2) is 24.3 Å². The summed E-state index contributed by atoms with van der Waals surface area (Å²) in [6.07, 6.45) is 6.47. The van der Waals surface area contributed by atoms with Crippen molar-refractivity contribution < 1.29 is 0 Å². The molecule has 0 spiro atoms. The number of rotatable bonds is 7. The molecule has 1 heterocycles. The Hall–Kier alpha value is -0.570. The van der Waals surface area contributed by atoms with Gasteiger partial charge in [0, 0.05) is 5.02 Å². The number of nitrogens with zero attached hydrogens (tertiary/aromatic N) is 1. The maximum atomic E-state index is 6.13. The van der Waals surface area contributed by atoms with Gasteiger partial charge < -0.3 is 10.2 Å². The van der Waals surface area contributed by atoms with Gasteiger partial charge in [0.25, 0.3) is 0 Å². The standard InChI is InChI=1S/C16H25ClN2/c17-16-8-3-2-7-15(16)9-11-18-10-6-14-19-12-4-1-5-13-19/h2-3,7-8,18H,1,4-6,9-14H2. The van der Waals surface area contributed by atoms with Crippen LogP contribution in [0, 0.1) is 0 Å². The molecule has 0 radical (unpaired) electrons. The van der Waals surface area contributed by atoms with Crippen LogP contribution < -0.4 is 5.32 Å². The second kappa shape index (κ2) is 8.57. The van der Waals surface area contributed by atoms with Crippen molar-refractivity contribution in [3.63, 3.8) is 0 Å². The molecule has 1 saturated heterocycles. The number of piperidine rings is 1. The van der Waals surface area contributed by atoms with Gasteiger partial charge in [-0.05, 0) is 70.0 Å². The van der Waals surface area contributed by atoms with Crippen molar-refractivity contribution in [2.24, 2.45) is 0 Å². The molecule has 1 fully saturated rings. The van der Waals surface area contributed by atoms with Crippen molar-refractivity contribution in [2.45, 2.75) is 32.1 Å². The Bertz CT molecular complexity index is 362. The zero-order valence-corrected chi connectivity index (χ0v) is 12.5. The van der Waals surface area contributed by atoms with Crippen molar-refractivity contribution in [3.8, 4) is 0 Å². The van der Waals surface area contributed by atoms with Gasteiger partial charge in [-0.25, -0.2) is 0 Å². The van der Waals surface area contributed by atoms with Gasteiger partial charge in [0.15, 0.2) is 0 Å². The van der Waals surface area contributed by atoms with Crippen LogP contribution in [-0.2, 0) is 6.42 Å². The number of likely N-dealkylation sites (tertiary alicyclic amines) is 1. The fourth-order valence-corrected chi connectivity index (χ4v) is 2.89. The smallest absolute Gasteiger partial charge is 0.0438 e. The second-order valence-electron chi connectivity index (χ2n) is 5.35. The molecule has 0 saturated carbocycles. The molecule has 1 N–H and O–H groups in total. The van der Waals surface area contributed by atoms with E-state index in [-0.39, 0.29) is 0 Å². The molecule has 1 aliphatic heterocycles. The zero-order valence-electron chi connectivity index (χ0n) is 11.7. The van der Waals surface area contributed by atoms with E-state index in [9.17, 15) is 0 Å². The minimum atomic E-state index is 0.887. The molecule has 0 unspecified atom stereocenters. The Kier molecular flexibility index (Phi) is 6.69. The summed E-state index contributed by atoms with van der Waals surface area (Å²) in [5.41, 5.74) is 1.24. The van der Waals surface area contributed by atoms with Crippen LogP contribution in [-0.4, -0.2) is 37.6 Å². The molecule has 2 rings (SSSR count). The van der Waals surface area contributed by atoms with Crippen LogP contribution in [0.5, 0.6) is 0 Å². The van der Waals surface area contributed by atoms with Crippen LogP contribution in [0.2, 0.25) is 5.02 Å². The highest BCUT2D eigenvalue weighted by molar-refractivity contribution is 6.31. The van der Waals surface area contributed by atoms with Crippen molar-refractivity contribution in [1.29, 1.82) is 0 Å². The number of nitrogens with one attached hydrogen (secondary N) is 1. The van der Waals surface area contributed by atoms with E-state index in [0.29, 0.717) is 0 Å². The molecular formula is C16H25ClN2. The fraction of sp³-hybridized carbons (Fsp3) is 0.625. The van der Waals surface area contributed by atoms with Crippen molar-refractivity contribution in [2.75, 3.05) is 32.7 Å². The van der Waals surface area contributed by atoms with Crippen molar-refractivity contribution in [1.82, 2.24) is 10.2 Å². The molecule has 0 aliphatic carbocycles. The lowest BCUT2D eigenvalue weighted by Gasteiger charge is -2.26. The predicted molar refractivity (Wildman–Crippen MR) is 82.9 cm³/mol. The summed E-state index contributed by atoms with van der Waals surface area (Å²) < 4.78 is 0. The van der Waals surface area contributed by atoms with E-state index in [4.69, 9.17) is 11.6 Å². The molecular weight excluding hydrogens is 256 g/mol. The third-order valence-electron chi connectivity index (χ3n) is 3.81. The fourth-order valence-electron chi connectivity index (χ4n) is 2.66. The summed E-state index contributed by atoms with van der Waals surface area (Å²) in [6, 6.07) is 8.11. The molecule has 3 heteroatoms. The molecule has 0 atom stereocenters. The van der Waals surface area contributed by atoms with Gasteiger partial charge in [-0.15, -0.1) is 0 Å². The van der Waals surface area contributed by atoms with Gasteiger partial charge >= 0.3 is 0 Å². The molecule has 0 amide bonds. The molecule has 1 aromatic rings. The molecule has 19 heavy (non-hydrogen) atoms. The molecule has 106 valence electrons. The van der Waals surface area contributed by atoms with E-state index in [1.165, 1.54) is 50.9 Å². The first-order chi connectivity index (χ1) is 9.36. The van der Waals surface area contributed by atoms with E-state index >= 15 is 0 Å². The monoisotopic (exact) mass is 280 g/mol. The van der Waals surface area contributed by atoms with Gasteiger partial charge in [-0.1, -0.05) is 36.2 Å². The lowest BCUT2D eigenvalue weighted by Crippen LogP contribution is -2.32. The molecule has 1 aliphatic rings. The first-order valence-corrected chi connectivity index (χ1v) is 7.90. The average molecular weight is 281 g/mol. The summed E-state index contributed by atoms with van der Waals surface area (Å²) in [5.74, 6) is 0. The zero-order chi connectivity index (χ0) is 13.3. The highest BCUT2D eigenvalue weighted by Crippen LogP contribution is 2.14. The predicted octanol–water partition coefficient (Wildman–Crippen LogP) is 3.35. The number of halogens is 1. The summed E-state index contributed by atoms with van der Waals surface area (Å²) in [6.45, 7) is 5.99. The first kappa shape index (κ1) is 14.8. The van der Waals surface area contributed by atoms with Gasteiger partial charge in [0.1, 0.15) is 0 Å². The van der Waals surface area contributed by atoms with Gasteiger partial charge in [-0.2, -0.15) is 0 Å². The Morgan fingerprint density at radius 2 is 1.84 bits per heavy atom. The maximum Gasteiger partial charge on any atom is 0.0438 e. The van der Waals surface area contributed by atoms with E-state index < -0.39 is 0 Å². The summed E-state index contributed by atoms with van der Waals surface area (Å²) >= 11 is 6.13. The largest absolute Gasteiger partial charge is 0.316 e. The molecule has 2 nitrogen and oxygen atoms in total. The summed E-state index contributed by atoms with van der Waals surface area (Å²) in [5, 5.41) is 4.40. The molecule has 0 bridgehead atoms. The van der Waals surface area contributed by atoms with Crippen molar-refractivity contribution in [3.05, 3.63) is 34.9 Å².